The average Bonchev–Trinajstić information content (AvgIpc) is 1.55. The van der Waals surface area contributed by atoms with Gasteiger partial charge >= 0.3 is 53.7 Å². The minimum atomic E-state index is -0.337. The van der Waals surface area contributed by atoms with E-state index in [0.717, 1.165) is 207 Å². The lowest BCUT2D eigenvalue weighted by molar-refractivity contribution is 0.0160. The predicted octanol–water partition coefficient (Wildman–Crippen LogP) is 7.50. The number of aromatic nitrogens is 9. The monoisotopic (exact) mass is 1840 g/mol. The molecule has 0 saturated carbocycles. The third kappa shape index (κ3) is 37.3. The molecule has 9 N–H and O–H groups in total. The number of nitrogens with zero attached hydrogens (tertiary/aromatic N) is 9. The molecule has 0 amide bonds. The largest absolute Gasteiger partial charge is 0.462 e. The van der Waals surface area contributed by atoms with Crippen molar-refractivity contribution >= 4 is 53.7 Å². The first kappa shape index (κ1) is 103. The van der Waals surface area contributed by atoms with E-state index in [1.165, 1.54) is 12.4 Å². The fourth-order valence-electron chi connectivity index (χ4n) is 13.2. The highest BCUT2D eigenvalue weighted by Gasteiger charge is 2.29. The standard InChI is InChI=1S/8C11H14N2O2.C10H12N2O2/c2*1-8-4-9(6-13-5-8)11(14)15-10-2-3-12-7-10;1-8-2-3-10(6-13-8)11(14)15-7-9-4-12-5-9;1-8-2-3-10(13-4-8)11(14)15-7-9-5-12-6-9;2*1-8-2-3-9(6-13-8)11(14)15-10-4-5-12-7-10;1-8-2-3-10(13-6-8)11(14)15-9-4-5-12-7-9;1-8-3-2-4-10(13-8)11(14)15-9-5-6-12-7-9;1-7-2-3-9(12-4-7)10(13)14-8-5-11-6-8/h2*4-6,10,12H,2-3,7H2,1H3;2-3,6,9,12H,4-5,7H2,1H3;2-4,9,12H,5-7H2,1H3;2*2-3,6,10,12H,4-5,7H2,1H3;2-3,6,9,12H,4-5,7H2,1H3;2-4,9,12H,5-7H2,1H3;2-4,8,11H,5-6H2,1H3/t2*10-;;;2*10-;2*9-;/m10..1011./s1. The van der Waals surface area contributed by atoms with Crippen molar-refractivity contribution in [1.82, 2.24) is 92.7 Å². The van der Waals surface area contributed by atoms with Gasteiger partial charge in [0.1, 0.15) is 65.5 Å². The second-order valence-electron chi connectivity index (χ2n) is 33.4. The van der Waals surface area contributed by atoms with E-state index < -0.39 is 0 Å². The van der Waals surface area contributed by atoms with Gasteiger partial charge in [-0.1, -0.05) is 24.3 Å². The number of esters is 9. The van der Waals surface area contributed by atoms with E-state index >= 15 is 0 Å². The van der Waals surface area contributed by atoms with Crippen molar-refractivity contribution < 1.29 is 85.8 Å². The molecule has 0 radical (unpaired) electrons. The van der Waals surface area contributed by atoms with Crippen LogP contribution in [0.4, 0.5) is 0 Å². The van der Waals surface area contributed by atoms with E-state index in [1.807, 2.05) is 111 Å². The van der Waals surface area contributed by atoms with Gasteiger partial charge in [-0.3, -0.25) is 24.9 Å². The van der Waals surface area contributed by atoms with Crippen molar-refractivity contribution in [2.75, 3.05) is 131 Å². The molecular formula is C98H124N18O18. The lowest BCUT2D eigenvalue weighted by Crippen LogP contribution is -2.49. The maximum atomic E-state index is 11.7. The predicted molar refractivity (Wildman–Crippen MR) is 496 cm³/mol. The zero-order valence-corrected chi connectivity index (χ0v) is 77.5. The van der Waals surface area contributed by atoms with Crippen LogP contribution in [0.1, 0.15) is 183 Å². The molecular weight excluding hydrogens is 1720 g/mol. The Balaban J connectivity index is 0.000000156. The van der Waals surface area contributed by atoms with E-state index in [2.05, 4.69) is 92.7 Å². The van der Waals surface area contributed by atoms with Gasteiger partial charge in [0.15, 0.2) is 0 Å². The summed E-state index contributed by atoms with van der Waals surface area (Å²) in [4.78, 5) is 141. The molecule has 0 spiro atoms. The van der Waals surface area contributed by atoms with Gasteiger partial charge in [0.25, 0.3) is 0 Å². The highest BCUT2D eigenvalue weighted by molar-refractivity contribution is 5.92. The van der Waals surface area contributed by atoms with Gasteiger partial charge in [-0.25, -0.2) is 63.1 Å². The Morgan fingerprint density at radius 2 is 0.552 bits per heavy atom. The number of nitrogens with one attached hydrogen (secondary N) is 9. The van der Waals surface area contributed by atoms with Gasteiger partial charge in [-0.15, -0.1) is 0 Å². The highest BCUT2D eigenvalue weighted by Crippen LogP contribution is 2.18. The van der Waals surface area contributed by atoms with Crippen molar-refractivity contribution in [3.63, 3.8) is 0 Å². The minimum Gasteiger partial charge on any atom is -0.462 e. The fourth-order valence-corrected chi connectivity index (χ4v) is 13.2. The molecule has 9 fully saturated rings. The van der Waals surface area contributed by atoms with Crippen molar-refractivity contribution in [2.24, 2.45) is 11.8 Å². The molecule has 18 heterocycles. The average molecular weight is 1840 g/mol. The molecule has 36 nitrogen and oxygen atoms in total. The number of rotatable bonds is 20. The molecule has 0 aromatic carbocycles. The Hall–Kier alpha value is -12.8. The van der Waals surface area contributed by atoms with Gasteiger partial charge in [-0.2, -0.15) is 0 Å². The molecule has 9 aliphatic heterocycles. The van der Waals surface area contributed by atoms with Crippen LogP contribution in [0.3, 0.4) is 0 Å². The SMILES string of the molecule is Cc1ccc(C(=O)OC2CNC2)nc1.Cc1ccc(C(=O)OCC2CNC2)cn1.Cc1ccc(C(=O)OCC2CNC2)nc1.Cc1ccc(C(=O)O[C@@H]2CCNC2)cn1.Cc1ccc(C(=O)O[C@@H]2CCNC2)nc1.Cc1ccc(C(=O)O[C@H]2CCNC2)cn1.Cc1cccc(C(=O)O[C@@H]2CCNC2)n1.Cc1cncc(C(=O)O[C@@H]2CCNC2)c1.Cc1cncc(C(=O)O[C@H]2CCNC2)c1. The van der Waals surface area contributed by atoms with Gasteiger partial charge < -0.3 is 90.5 Å². The molecule has 0 bridgehead atoms. The molecule has 0 unspecified atom stereocenters. The summed E-state index contributed by atoms with van der Waals surface area (Å²) >= 11 is 0. The molecule has 714 valence electrons. The lowest BCUT2D eigenvalue weighted by Gasteiger charge is -2.26. The van der Waals surface area contributed by atoms with Crippen LogP contribution >= 0.6 is 0 Å². The molecule has 6 atom stereocenters. The minimum absolute atomic E-state index is 0.000174. The second kappa shape index (κ2) is 55.7. The Morgan fingerprint density at radius 1 is 0.254 bits per heavy atom. The van der Waals surface area contributed by atoms with Crippen LogP contribution in [-0.4, -0.2) is 272 Å². The summed E-state index contributed by atoms with van der Waals surface area (Å²) in [5, 5.41) is 28.2. The molecule has 9 saturated heterocycles. The number of hydrogen-bond acceptors (Lipinski definition) is 36. The van der Waals surface area contributed by atoms with E-state index in [-0.39, 0.29) is 96.5 Å². The summed E-state index contributed by atoms with van der Waals surface area (Å²) in [5.41, 5.74) is 12.7. The van der Waals surface area contributed by atoms with Crippen LogP contribution in [0.2, 0.25) is 0 Å². The Kier molecular flexibility index (Phi) is 42.9. The first-order valence-electron chi connectivity index (χ1n) is 45.3. The third-order valence-electron chi connectivity index (χ3n) is 21.5. The molecule has 0 aliphatic carbocycles. The number of ether oxygens (including phenoxy) is 9. The van der Waals surface area contributed by atoms with Crippen LogP contribution < -0.4 is 47.9 Å². The molecule has 9 aromatic heterocycles. The zero-order chi connectivity index (χ0) is 95.4. The van der Waals surface area contributed by atoms with Gasteiger partial charge in [0.2, 0.25) is 0 Å². The van der Waals surface area contributed by atoms with Gasteiger partial charge in [0.05, 0.1) is 41.0 Å². The van der Waals surface area contributed by atoms with Crippen LogP contribution in [0.25, 0.3) is 0 Å². The smallest absolute Gasteiger partial charge is 0.357 e. The summed E-state index contributed by atoms with van der Waals surface area (Å²) in [7, 11) is 0. The third-order valence-corrected chi connectivity index (χ3v) is 21.5. The summed E-state index contributed by atoms with van der Waals surface area (Å²) in [5.74, 6) is -1.78. The van der Waals surface area contributed by atoms with Gasteiger partial charge in [0, 0.05) is 175 Å². The lowest BCUT2D eigenvalue weighted by atomic mass is 10.1. The van der Waals surface area contributed by atoms with Crippen molar-refractivity contribution in [1.29, 1.82) is 0 Å². The molecule has 36 heteroatoms. The number of carbonyl (C=O) groups excluding carboxylic acids is 9. The van der Waals surface area contributed by atoms with E-state index in [1.54, 1.807) is 104 Å². The summed E-state index contributed by atoms with van der Waals surface area (Å²) < 4.78 is 47.2. The number of hydrogen-bond donors (Lipinski definition) is 9. The van der Waals surface area contributed by atoms with Crippen molar-refractivity contribution in [2.45, 2.75) is 144 Å². The molecule has 134 heavy (non-hydrogen) atoms. The van der Waals surface area contributed by atoms with Crippen LogP contribution in [0.15, 0.2) is 165 Å². The van der Waals surface area contributed by atoms with Gasteiger partial charge in [-0.05, 0) is 247 Å². The Labute approximate surface area is 781 Å². The molecule has 18 rings (SSSR count). The van der Waals surface area contributed by atoms with E-state index in [4.69, 9.17) is 42.6 Å². The van der Waals surface area contributed by atoms with Crippen molar-refractivity contribution in [3.8, 4) is 0 Å². The number of pyridine rings is 9. The summed E-state index contributed by atoms with van der Waals surface area (Å²) in [6, 6.07) is 30.2. The van der Waals surface area contributed by atoms with Crippen molar-refractivity contribution in [3.05, 3.63) is 266 Å². The Bertz CT molecular complexity index is 4750. The Morgan fingerprint density at radius 3 is 0.828 bits per heavy atom. The van der Waals surface area contributed by atoms with Crippen LogP contribution in [-0.2, 0) is 42.6 Å². The topological polar surface area (TPSA) is 461 Å². The maximum absolute atomic E-state index is 11.7. The summed E-state index contributed by atoms with van der Waals surface area (Å²) in [6.07, 6.45) is 21.6. The summed E-state index contributed by atoms with van der Waals surface area (Å²) in [6.45, 7) is 33.4. The normalized spacial score (nSPS) is 18.8. The molecule has 9 aromatic rings. The number of aryl methyl sites for hydroxylation is 9. The zero-order valence-electron chi connectivity index (χ0n) is 77.5. The first-order chi connectivity index (χ1) is 64.8. The highest BCUT2D eigenvalue weighted by atomic mass is 16.6. The van der Waals surface area contributed by atoms with E-state index in [0.29, 0.717) is 75.6 Å². The maximum Gasteiger partial charge on any atom is 0.357 e. The second-order valence-corrected chi connectivity index (χ2v) is 33.4. The quantitative estimate of drug-likeness (QED) is 0.0263. The van der Waals surface area contributed by atoms with E-state index in [9.17, 15) is 43.2 Å². The molecule has 9 aliphatic rings. The fraction of sp³-hybridized carbons (Fsp3) is 0.449. The van der Waals surface area contributed by atoms with Crippen LogP contribution in [0.5, 0.6) is 0 Å². The first-order valence-corrected chi connectivity index (χ1v) is 45.3. The van der Waals surface area contributed by atoms with Crippen LogP contribution in [0, 0.1) is 74.1 Å². The number of carbonyl (C=O) groups is 9.